The van der Waals surface area contributed by atoms with Gasteiger partial charge in [0.15, 0.2) is 0 Å². The van der Waals surface area contributed by atoms with E-state index in [1.54, 1.807) is 12.1 Å². The number of benzene rings is 1. The fraction of sp³-hybridized carbons (Fsp3) is 0.588. The van der Waals surface area contributed by atoms with Crippen molar-refractivity contribution in [1.82, 2.24) is 4.90 Å². The van der Waals surface area contributed by atoms with Gasteiger partial charge in [-0.1, -0.05) is 12.1 Å². The molecule has 0 bridgehead atoms. The van der Waals surface area contributed by atoms with Crippen LogP contribution >= 0.6 is 0 Å². The molecule has 1 saturated carbocycles. The van der Waals surface area contributed by atoms with Gasteiger partial charge in [-0.3, -0.25) is 4.79 Å². The summed E-state index contributed by atoms with van der Waals surface area (Å²) < 4.78 is 13.0. The number of carbonyl (C=O) groups is 1. The monoisotopic (exact) mass is 292 g/mol. The number of nitrogens with zero attached hydrogens (tertiary/aromatic N) is 1. The molecule has 2 rings (SSSR count). The van der Waals surface area contributed by atoms with Crippen LogP contribution in [0.1, 0.15) is 46.1 Å². The Hall–Kier alpha value is -1.42. The summed E-state index contributed by atoms with van der Waals surface area (Å²) in [7, 11) is 0. The molecule has 4 heteroatoms. The molecule has 0 radical (unpaired) electrons. The molecule has 3 nitrogen and oxygen atoms in total. The maximum Gasteiger partial charge on any atom is 0.230 e. The molecule has 1 amide bonds. The van der Waals surface area contributed by atoms with Crippen LogP contribution in [0.3, 0.4) is 0 Å². The second-order valence-corrected chi connectivity index (χ2v) is 7.14. The topological polar surface area (TPSA) is 46.3 Å². The number of nitrogens with two attached hydrogens (primary N) is 1. The highest BCUT2D eigenvalue weighted by molar-refractivity contribution is 5.84. The summed E-state index contributed by atoms with van der Waals surface area (Å²) in [5.74, 6) is -0.187. The lowest BCUT2D eigenvalue weighted by Crippen LogP contribution is -2.56. The molecule has 21 heavy (non-hydrogen) atoms. The van der Waals surface area contributed by atoms with Gasteiger partial charge in [-0.2, -0.15) is 0 Å². The van der Waals surface area contributed by atoms with Crippen molar-refractivity contribution in [2.24, 2.45) is 11.1 Å². The highest BCUT2D eigenvalue weighted by atomic mass is 19.1. The third-order valence-corrected chi connectivity index (χ3v) is 4.66. The Bertz CT molecular complexity index is 513. The van der Waals surface area contributed by atoms with Gasteiger partial charge in [0, 0.05) is 18.1 Å². The molecule has 1 fully saturated rings. The summed E-state index contributed by atoms with van der Waals surface area (Å²) in [6.07, 6.45) is 2.07. The third-order valence-electron chi connectivity index (χ3n) is 4.66. The van der Waals surface area contributed by atoms with E-state index in [4.69, 9.17) is 5.73 Å². The lowest BCUT2D eigenvalue weighted by molar-refractivity contribution is -0.144. The Kier molecular flexibility index (Phi) is 4.11. The zero-order valence-electron chi connectivity index (χ0n) is 13.3. The van der Waals surface area contributed by atoms with Crippen molar-refractivity contribution in [2.45, 2.75) is 58.7 Å². The van der Waals surface area contributed by atoms with E-state index >= 15 is 0 Å². The van der Waals surface area contributed by atoms with Gasteiger partial charge in [0.05, 0.1) is 5.41 Å². The van der Waals surface area contributed by atoms with Crippen LogP contribution in [0.25, 0.3) is 0 Å². The molecule has 1 aromatic carbocycles. The Morgan fingerprint density at radius 3 is 2.19 bits per heavy atom. The van der Waals surface area contributed by atoms with Gasteiger partial charge < -0.3 is 10.6 Å². The van der Waals surface area contributed by atoms with Crippen LogP contribution in [0.2, 0.25) is 0 Å². The van der Waals surface area contributed by atoms with E-state index in [1.165, 1.54) is 12.1 Å². The fourth-order valence-corrected chi connectivity index (χ4v) is 2.17. The molecule has 1 aliphatic rings. The minimum Gasteiger partial charge on any atom is -0.335 e. The second kappa shape index (κ2) is 5.41. The van der Waals surface area contributed by atoms with Gasteiger partial charge in [0.1, 0.15) is 5.82 Å². The normalized spacial score (nSPS) is 15.9. The zero-order chi connectivity index (χ0) is 15.8. The minimum absolute atomic E-state index is 0.0711. The van der Waals surface area contributed by atoms with Gasteiger partial charge in [-0.25, -0.2) is 4.39 Å². The number of halogens is 1. The molecular weight excluding hydrogens is 267 g/mol. The first-order valence-corrected chi connectivity index (χ1v) is 7.47. The van der Waals surface area contributed by atoms with Gasteiger partial charge in [0.25, 0.3) is 0 Å². The zero-order valence-corrected chi connectivity index (χ0v) is 13.3. The molecule has 0 aromatic heterocycles. The summed E-state index contributed by atoms with van der Waals surface area (Å²) in [6, 6.07) is 6.63. The van der Waals surface area contributed by atoms with Crippen molar-refractivity contribution in [3.05, 3.63) is 35.6 Å². The quantitative estimate of drug-likeness (QED) is 0.906. The molecule has 0 spiro atoms. The summed E-state index contributed by atoms with van der Waals surface area (Å²) in [4.78, 5) is 14.8. The number of hydrogen-bond acceptors (Lipinski definition) is 2. The fourth-order valence-electron chi connectivity index (χ4n) is 2.17. The van der Waals surface area contributed by atoms with Crippen molar-refractivity contribution < 1.29 is 9.18 Å². The first-order chi connectivity index (χ1) is 9.63. The Labute approximate surface area is 126 Å². The minimum atomic E-state index is -0.643. The van der Waals surface area contributed by atoms with Crippen LogP contribution in [0.5, 0.6) is 0 Å². The van der Waals surface area contributed by atoms with Gasteiger partial charge in [0.2, 0.25) is 5.91 Å². The molecule has 0 saturated heterocycles. The lowest BCUT2D eigenvalue weighted by atomic mass is 9.74. The van der Waals surface area contributed by atoms with E-state index < -0.39 is 11.0 Å². The van der Waals surface area contributed by atoms with Gasteiger partial charge >= 0.3 is 0 Å². The molecule has 116 valence electrons. The Morgan fingerprint density at radius 1 is 1.24 bits per heavy atom. The number of amides is 1. The molecule has 1 aromatic rings. The number of hydrogen-bond donors (Lipinski definition) is 1. The summed E-state index contributed by atoms with van der Waals surface area (Å²) in [5, 5.41) is 0. The molecule has 0 heterocycles. The van der Waals surface area contributed by atoms with Gasteiger partial charge in [-0.15, -0.1) is 0 Å². The molecule has 0 unspecified atom stereocenters. The number of carbonyl (C=O) groups excluding carboxylic acids is 1. The van der Waals surface area contributed by atoms with Crippen LogP contribution in [0, 0.1) is 11.2 Å². The summed E-state index contributed by atoms with van der Waals surface area (Å²) in [6.45, 7) is 8.08. The third kappa shape index (κ3) is 3.43. The van der Waals surface area contributed by atoms with Crippen molar-refractivity contribution >= 4 is 5.91 Å². The highest BCUT2D eigenvalue weighted by Crippen LogP contribution is 2.36. The van der Waals surface area contributed by atoms with Crippen LogP contribution in [0.15, 0.2) is 24.3 Å². The average molecular weight is 292 g/mol. The largest absolute Gasteiger partial charge is 0.335 e. The van der Waals surface area contributed by atoms with Crippen LogP contribution < -0.4 is 5.73 Å². The molecular formula is C17H25FN2O. The van der Waals surface area contributed by atoms with E-state index in [1.807, 2.05) is 32.6 Å². The maximum absolute atomic E-state index is 13.0. The molecule has 1 aliphatic carbocycles. The first-order valence-electron chi connectivity index (χ1n) is 7.47. The van der Waals surface area contributed by atoms with E-state index in [0.717, 1.165) is 18.4 Å². The highest BCUT2D eigenvalue weighted by Gasteiger charge is 2.46. The Morgan fingerprint density at radius 2 is 1.76 bits per heavy atom. The second-order valence-electron chi connectivity index (χ2n) is 7.14. The van der Waals surface area contributed by atoms with Gasteiger partial charge in [-0.05, 0) is 58.2 Å². The molecule has 2 N–H and O–H groups in total. The molecule has 0 atom stereocenters. The van der Waals surface area contributed by atoms with Crippen LogP contribution in [0.4, 0.5) is 4.39 Å². The average Bonchev–Trinajstić information content (AvgIpc) is 3.20. The standard InChI is InChI=1S/C17H25FN2O/c1-16(2,17(3,4)19)15(21)20(14-9-10-14)11-12-5-7-13(18)8-6-12/h5-8,14H,9-11,19H2,1-4H3. The van der Waals surface area contributed by atoms with Crippen molar-refractivity contribution in [3.63, 3.8) is 0 Å². The smallest absolute Gasteiger partial charge is 0.230 e. The SMILES string of the molecule is CC(C)(N)C(C)(C)C(=O)N(Cc1ccc(F)cc1)C1CC1. The number of rotatable bonds is 5. The maximum atomic E-state index is 13.0. The van der Waals surface area contributed by atoms with E-state index in [9.17, 15) is 9.18 Å². The molecule has 0 aliphatic heterocycles. The first kappa shape index (κ1) is 16.0. The Balaban J connectivity index is 2.19. The summed E-state index contributed by atoms with van der Waals surface area (Å²) >= 11 is 0. The van der Waals surface area contributed by atoms with E-state index in [2.05, 4.69) is 0 Å². The van der Waals surface area contributed by atoms with E-state index in [-0.39, 0.29) is 11.7 Å². The van der Waals surface area contributed by atoms with E-state index in [0.29, 0.717) is 12.6 Å². The van der Waals surface area contributed by atoms with Crippen molar-refractivity contribution in [2.75, 3.05) is 0 Å². The predicted molar refractivity (Wildman–Crippen MR) is 82.0 cm³/mol. The van der Waals surface area contributed by atoms with Crippen molar-refractivity contribution in [1.29, 1.82) is 0 Å². The lowest BCUT2D eigenvalue weighted by Gasteiger charge is -2.41. The predicted octanol–water partition coefficient (Wildman–Crippen LogP) is 3.08. The van der Waals surface area contributed by atoms with Crippen LogP contribution in [-0.4, -0.2) is 22.4 Å². The van der Waals surface area contributed by atoms with Crippen molar-refractivity contribution in [3.8, 4) is 0 Å². The summed E-state index contributed by atoms with van der Waals surface area (Å²) in [5.41, 5.74) is 5.89. The van der Waals surface area contributed by atoms with Crippen LogP contribution in [-0.2, 0) is 11.3 Å².